The maximum Gasteiger partial charge on any atom is 0.261 e. The first-order chi connectivity index (χ1) is 18.5. The maximum atomic E-state index is 14.2. The molecular weight excluding hydrogens is 552 g/mol. The maximum absolute atomic E-state index is 14.2. The lowest BCUT2D eigenvalue weighted by Crippen LogP contribution is -2.59. The van der Waals surface area contributed by atoms with Crippen molar-refractivity contribution < 1.29 is 32.2 Å². The smallest absolute Gasteiger partial charge is 0.261 e. The summed E-state index contributed by atoms with van der Waals surface area (Å²) in [7, 11) is 0.927. The molecule has 0 bridgehead atoms. The Balaban J connectivity index is 2.20. The summed E-state index contributed by atoms with van der Waals surface area (Å²) in [5.74, 6) is -1.90. The second-order valence-corrected chi connectivity index (χ2v) is 11.4. The molecule has 1 aromatic heterocycles. The van der Waals surface area contributed by atoms with Crippen molar-refractivity contribution in [1.29, 1.82) is 5.41 Å². The predicted octanol–water partition coefficient (Wildman–Crippen LogP) is 2.51. The van der Waals surface area contributed by atoms with Gasteiger partial charge < -0.3 is 24.7 Å². The second kappa shape index (κ2) is 12.8. The van der Waals surface area contributed by atoms with Crippen LogP contribution in [0.25, 0.3) is 0 Å². The number of hydrogen-bond acceptors (Lipinski definition) is 10. The largest absolute Gasteiger partial charge is 0.494 e. The number of aromatic nitrogens is 2. The molecule has 1 aromatic carbocycles. The van der Waals surface area contributed by atoms with Gasteiger partial charge in [-0.3, -0.25) is 10.2 Å². The molecule has 214 valence electrons. The van der Waals surface area contributed by atoms with E-state index in [9.17, 15) is 13.2 Å². The zero-order valence-electron chi connectivity index (χ0n) is 22.3. The molecule has 2 aromatic rings. The number of halogens is 1. The summed E-state index contributed by atoms with van der Waals surface area (Å²) in [5, 5.41) is 8.01. The highest BCUT2D eigenvalue weighted by atomic mass is 35.5. The van der Waals surface area contributed by atoms with E-state index in [2.05, 4.69) is 9.97 Å². The van der Waals surface area contributed by atoms with Crippen LogP contribution >= 0.6 is 11.6 Å². The average Bonchev–Trinajstić information content (AvgIpc) is 3.41. The minimum atomic E-state index is -4.65. The fourth-order valence-corrected chi connectivity index (χ4v) is 6.15. The highest BCUT2D eigenvalue weighted by Gasteiger charge is 2.46. The quantitative estimate of drug-likeness (QED) is 0.240. The Morgan fingerprint density at radius 1 is 1.13 bits per heavy atom. The Hall–Kier alpha value is -3.20. The molecule has 1 saturated carbocycles. The minimum Gasteiger partial charge on any atom is -0.494 e. The monoisotopic (exact) mass is 584 g/mol. The van der Waals surface area contributed by atoms with Gasteiger partial charge in [0.2, 0.25) is 11.9 Å². The number of amides is 1. The molecule has 0 saturated heterocycles. The molecule has 13 nitrogen and oxygen atoms in total. The Morgan fingerprint density at radius 2 is 1.72 bits per heavy atom. The van der Waals surface area contributed by atoms with Crippen LogP contribution < -0.4 is 20.2 Å². The van der Waals surface area contributed by atoms with Crippen molar-refractivity contribution in [1.82, 2.24) is 14.4 Å². The van der Waals surface area contributed by atoms with Crippen molar-refractivity contribution in [3.63, 3.8) is 0 Å². The number of methoxy groups -OCH3 is 4. The number of hydrogen-bond donors (Lipinski definition) is 2. The van der Waals surface area contributed by atoms with Crippen LogP contribution in [0.15, 0.2) is 30.6 Å². The van der Waals surface area contributed by atoms with Crippen LogP contribution in [0.3, 0.4) is 0 Å². The van der Waals surface area contributed by atoms with Crippen LogP contribution in [0.1, 0.15) is 38.1 Å². The van der Waals surface area contributed by atoms with Gasteiger partial charge in [0.1, 0.15) is 22.9 Å². The van der Waals surface area contributed by atoms with E-state index in [0.29, 0.717) is 23.7 Å². The van der Waals surface area contributed by atoms with Gasteiger partial charge in [-0.25, -0.2) is 18.4 Å². The Bertz CT molecular complexity index is 1260. The molecule has 1 amide bonds. The molecule has 39 heavy (non-hydrogen) atoms. The number of anilines is 1. The summed E-state index contributed by atoms with van der Waals surface area (Å²) in [6, 6.07) is 4.70. The number of nitrogens with one attached hydrogen (secondary N) is 1. The van der Waals surface area contributed by atoms with Gasteiger partial charge in [0, 0.05) is 32.5 Å². The highest BCUT2D eigenvalue weighted by Crippen LogP contribution is 2.42. The van der Waals surface area contributed by atoms with E-state index >= 15 is 0 Å². The third-order valence-corrected chi connectivity index (χ3v) is 8.79. The Labute approximate surface area is 232 Å². The number of ether oxygens (including phenoxy) is 4. The first kappa shape index (κ1) is 30.3. The van der Waals surface area contributed by atoms with Gasteiger partial charge in [0.15, 0.2) is 11.5 Å². The number of sulfonamides is 1. The molecule has 0 radical (unpaired) electrons. The summed E-state index contributed by atoms with van der Waals surface area (Å²) in [6.45, 7) is 1.34. The third kappa shape index (κ3) is 6.19. The van der Waals surface area contributed by atoms with Gasteiger partial charge >= 0.3 is 0 Å². The summed E-state index contributed by atoms with van der Waals surface area (Å²) < 4.78 is 50.7. The van der Waals surface area contributed by atoms with Gasteiger partial charge in [-0.05, 0) is 38.3 Å². The Kier molecular flexibility index (Phi) is 9.93. The Morgan fingerprint density at radius 3 is 2.18 bits per heavy atom. The van der Waals surface area contributed by atoms with Crippen molar-refractivity contribution in [2.75, 3.05) is 33.4 Å². The van der Waals surface area contributed by atoms with Gasteiger partial charge in [-0.15, -0.1) is 4.41 Å². The van der Waals surface area contributed by atoms with Crippen molar-refractivity contribution in [3.8, 4) is 11.5 Å². The predicted molar refractivity (Wildman–Crippen MR) is 144 cm³/mol. The number of para-hydroxylation sites is 1. The van der Waals surface area contributed by atoms with Gasteiger partial charge in [0.05, 0.1) is 25.3 Å². The topological polar surface area (TPSA) is 170 Å². The zero-order chi connectivity index (χ0) is 28.9. The third-order valence-electron chi connectivity index (χ3n) is 6.56. The lowest BCUT2D eigenvalue weighted by molar-refractivity contribution is -0.124. The second-order valence-electron chi connectivity index (χ2n) is 8.82. The molecule has 15 heteroatoms. The van der Waals surface area contributed by atoms with Crippen LogP contribution in [-0.2, 0) is 24.3 Å². The minimum absolute atomic E-state index is 0.0314. The molecule has 0 spiro atoms. The van der Waals surface area contributed by atoms with Crippen LogP contribution in [0.5, 0.6) is 11.5 Å². The van der Waals surface area contributed by atoms with Crippen LogP contribution in [0.4, 0.5) is 5.69 Å². The lowest BCUT2D eigenvalue weighted by atomic mass is 10.1. The van der Waals surface area contributed by atoms with Crippen molar-refractivity contribution in [2.45, 2.75) is 43.6 Å². The number of hydrazine groups is 1. The average molecular weight is 585 g/mol. The fraction of sp³-hybridized carbons (Fsp3) is 0.500. The van der Waals surface area contributed by atoms with E-state index in [1.165, 1.54) is 40.6 Å². The molecule has 0 unspecified atom stereocenters. The molecule has 1 fully saturated rings. The van der Waals surface area contributed by atoms with E-state index in [1.54, 1.807) is 25.3 Å². The van der Waals surface area contributed by atoms with Gasteiger partial charge in [-0.2, -0.15) is 5.01 Å². The number of benzene rings is 1. The summed E-state index contributed by atoms with van der Waals surface area (Å²) in [5.41, 5.74) is 5.88. The zero-order valence-corrected chi connectivity index (χ0v) is 23.9. The van der Waals surface area contributed by atoms with Crippen molar-refractivity contribution >= 4 is 39.2 Å². The van der Waals surface area contributed by atoms with E-state index in [1.807, 2.05) is 0 Å². The number of carbonyl (C=O) groups excluding carboxylic acids is 1. The standard InChI is InChI=1S/C24H33ClN6O7S/c1-14(21(38-5)22-28-12-16(25)13-29-22)39(33,34)31(24(26)27)30(23(32)15-9-10-17(11-15)35-2)20-18(36-3)7-6-8-19(20)37-4/h6-8,12-15,17,21H,9-11H2,1-5H3,(H3,26,27)/t14-,15+,17+,21-/m0/s1. The molecular formula is C24H33ClN6O7S. The lowest BCUT2D eigenvalue weighted by Gasteiger charge is -2.38. The normalized spacial score (nSPS) is 18.7. The van der Waals surface area contributed by atoms with Crippen molar-refractivity contribution in [3.05, 3.63) is 41.4 Å². The first-order valence-corrected chi connectivity index (χ1v) is 13.9. The molecule has 1 aliphatic carbocycles. The molecule has 0 aliphatic heterocycles. The summed E-state index contributed by atoms with van der Waals surface area (Å²) >= 11 is 5.89. The molecule has 1 aliphatic rings. The number of nitrogens with two attached hydrogens (primary N) is 1. The molecule has 4 atom stereocenters. The summed E-state index contributed by atoms with van der Waals surface area (Å²) in [4.78, 5) is 22.3. The van der Waals surface area contributed by atoms with Crippen LogP contribution in [0, 0.1) is 11.3 Å². The molecule has 1 heterocycles. The van der Waals surface area contributed by atoms with Gasteiger partial charge in [0.25, 0.3) is 10.0 Å². The fourth-order valence-electron chi connectivity index (χ4n) is 4.53. The SMILES string of the molecule is COc1cccc(OC)c1N(C(=O)[C@@H]1CC[C@@H](OC)C1)N(C(=N)N)S(=O)(=O)[C@@H](C)[C@H](OC)c1ncc(Cl)cn1. The van der Waals surface area contributed by atoms with Crippen LogP contribution in [0.2, 0.25) is 5.02 Å². The van der Waals surface area contributed by atoms with Crippen LogP contribution in [-0.4, -0.2) is 74.5 Å². The number of guanidine groups is 1. The number of nitrogens with zero attached hydrogens (tertiary/aromatic N) is 4. The molecule has 3 N–H and O–H groups in total. The summed E-state index contributed by atoms with van der Waals surface area (Å²) in [6.07, 6.45) is 2.62. The number of rotatable bonds is 10. The van der Waals surface area contributed by atoms with E-state index < -0.39 is 39.2 Å². The first-order valence-electron chi connectivity index (χ1n) is 12.0. The van der Waals surface area contributed by atoms with E-state index in [-0.39, 0.29) is 34.1 Å². The van der Waals surface area contributed by atoms with Crippen molar-refractivity contribution in [2.24, 2.45) is 11.7 Å². The number of carbonyl (C=O) groups is 1. The van der Waals surface area contributed by atoms with E-state index in [4.69, 9.17) is 41.7 Å². The highest BCUT2D eigenvalue weighted by molar-refractivity contribution is 7.90. The molecule has 3 rings (SSSR count). The van der Waals surface area contributed by atoms with Gasteiger partial charge in [-0.1, -0.05) is 17.7 Å². The van der Waals surface area contributed by atoms with E-state index in [0.717, 1.165) is 5.01 Å².